The van der Waals surface area contributed by atoms with Gasteiger partial charge in [-0.05, 0) is 38.1 Å². The number of rotatable bonds is 1. The summed E-state index contributed by atoms with van der Waals surface area (Å²) < 4.78 is 29.6. The molecule has 0 radical (unpaired) electrons. The summed E-state index contributed by atoms with van der Waals surface area (Å²) in [4.78, 5) is 2.43. The second-order valence-electron chi connectivity index (χ2n) is 7.80. The van der Waals surface area contributed by atoms with E-state index in [1.807, 2.05) is 12.1 Å². The summed E-state index contributed by atoms with van der Waals surface area (Å²) in [6.45, 7) is 1.01. The van der Waals surface area contributed by atoms with Crippen LogP contribution in [0.1, 0.15) is 17.5 Å². The lowest BCUT2D eigenvalue weighted by molar-refractivity contribution is -0.0453. The van der Waals surface area contributed by atoms with Gasteiger partial charge < -0.3 is 19.8 Å². The molecule has 0 saturated carbocycles. The Bertz CT molecular complexity index is 898. The molecule has 27 heavy (non-hydrogen) atoms. The molecule has 1 aromatic rings. The molecule has 0 unspecified atom stereocenters. The molecule has 1 saturated heterocycles. The molecule has 5 atom stereocenters. The Balaban J connectivity index is 0.000000264. The summed E-state index contributed by atoms with van der Waals surface area (Å²) in [6.07, 6.45) is 6.17. The molecule has 0 aromatic heterocycles. The highest BCUT2D eigenvalue weighted by molar-refractivity contribution is 7.85. The van der Waals surface area contributed by atoms with Crippen LogP contribution in [0.3, 0.4) is 0 Å². The molecule has 1 spiro atoms. The number of aliphatic hydroxyl groups excluding tert-OH is 1. The van der Waals surface area contributed by atoms with Crippen molar-refractivity contribution in [3.8, 4) is 11.5 Å². The molecule has 2 heterocycles. The van der Waals surface area contributed by atoms with Crippen molar-refractivity contribution < 1.29 is 27.6 Å². The van der Waals surface area contributed by atoms with Crippen LogP contribution in [0.4, 0.5) is 0 Å². The molecule has 8 heteroatoms. The molecule has 2 aliphatic carbocycles. The predicted octanol–water partition coefficient (Wildman–Crippen LogP) is 0.790. The average molecular weight is 395 g/mol. The second kappa shape index (κ2) is 6.20. The van der Waals surface area contributed by atoms with Gasteiger partial charge in [0.25, 0.3) is 10.1 Å². The van der Waals surface area contributed by atoms with Gasteiger partial charge in [0.1, 0.15) is 12.2 Å². The summed E-state index contributed by atoms with van der Waals surface area (Å²) in [5.74, 6) is 1.19. The monoisotopic (exact) mass is 395 g/mol. The predicted molar refractivity (Wildman–Crippen MR) is 99.4 cm³/mol. The number of phenols is 1. The lowest BCUT2D eigenvalue weighted by Crippen LogP contribution is -2.64. The van der Waals surface area contributed by atoms with Gasteiger partial charge in [-0.25, -0.2) is 0 Å². The number of piperidine rings is 1. The third-order valence-corrected chi connectivity index (χ3v) is 7.06. The van der Waals surface area contributed by atoms with E-state index in [1.165, 1.54) is 11.1 Å². The number of aromatic hydroxyl groups is 1. The van der Waals surface area contributed by atoms with Crippen LogP contribution >= 0.6 is 0 Å². The quantitative estimate of drug-likeness (QED) is 0.536. The van der Waals surface area contributed by atoms with Crippen LogP contribution in [0.2, 0.25) is 0 Å². The number of aliphatic hydroxyl groups is 1. The van der Waals surface area contributed by atoms with E-state index in [-0.39, 0.29) is 17.3 Å². The van der Waals surface area contributed by atoms with E-state index >= 15 is 0 Å². The third kappa shape index (κ3) is 2.69. The lowest BCUT2D eigenvalue weighted by Gasteiger charge is -2.56. The summed E-state index contributed by atoms with van der Waals surface area (Å²) in [5, 5.41) is 20.6. The maximum atomic E-state index is 10.4. The van der Waals surface area contributed by atoms with E-state index in [1.54, 1.807) is 6.07 Å². The molecule has 1 aromatic carbocycles. The van der Waals surface area contributed by atoms with Gasteiger partial charge in [0.2, 0.25) is 0 Å². The van der Waals surface area contributed by atoms with Crippen LogP contribution in [-0.2, 0) is 26.1 Å². The largest absolute Gasteiger partial charge is 0.504 e. The van der Waals surface area contributed by atoms with Gasteiger partial charge in [-0.15, -0.1) is 0 Å². The smallest absolute Gasteiger partial charge is 0.264 e. The fourth-order valence-electron chi connectivity index (χ4n) is 5.24. The van der Waals surface area contributed by atoms with Crippen LogP contribution in [0.15, 0.2) is 24.3 Å². The highest BCUT2D eigenvalue weighted by Gasteiger charge is 2.64. The number of likely N-dealkylation sites (tertiary alicyclic amines) is 1. The number of hydrogen-bond acceptors (Lipinski definition) is 7. The van der Waals surface area contributed by atoms with E-state index in [9.17, 15) is 18.6 Å². The average Bonchev–Trinajstić information content (AvgIpc) is 2.97. The molecule has 5 rings (SSSR count). The van der Waals surface area contributed by atoms with E-state index < -0.39 is 16.2 Å². The van der Waals surface area contributed by atoms with Crippen molar-refractivity contribution >= 4 is 10.1 Å². The van der Waals surface area contributed by atoms with Crippen molar-refractivity contribution in [2.24, 2.45) is 5.92 Å². The Kier molecular flexibility index (Phi) is 4.30. The summed E-state index contributed by atoms with van der Waals surface area (Å²) in [6, 6.07) is 4.23. The molecule has 0 amide bonds. The summed E-state index contributed by atoms with van der Waals surface area (Å²) in [7, 11) is 0.146. The number of phenolic OH excluding ortho intramolecular Hbond substituents is 1. The Hall–Kier alpha value is -1.61. The summed E-state index contributed by atoms with van der Waals surface area (Å²) in [5.41, 5.74) is 2.29. The van der Waals surface area contributed by atoms with Gasteiger partial charge in [0, 0.05) is 22.9 Å². The fourth-order valence-corrected chi connectivity index (χ4v) is 5.24. The molecule has 2 bridgehead atoms. The van der Waals surface area contributed by atoms with E-state index in [0.29, 0.717) is 17.7 Å². The first-order valence-corrected chi connectivity index (χ1v) is 10.8. The molecular weight excluding hydrogens is 370 g/mol. The van der Waals surface area contributed by atoms with E-state index in [4.69, 9.17) is 4.74 Å². The molecule has 7 nitrogen and oxygen atoms in total. The highest BCUT2D eigenvalue weighted by Crippen LogP contribution is 2.62. The van der Waals surface area contributed by atoms with Crippen molar-refractivity contribution in [3.63, 3.8) is 0 Å². The minimum absolute atomic E-state index is 0.160. The third-order valence-electron chi connectivity index (χ3n) is 6.45. The Morgan fingerprint density at radius 2 is 2.04 bits per heavy atom. The van der Waals surface area contributed by atoms with Crippen molar-refractivity contribution in [1.82, 2.24) is 4.90 Å². The Morgan fingerprint density at radius 3 is 2.70 bits per heavy atom. The van der Waals surface area contributed by atoms with Crippen molar-refractivity contribution in [3.05, 3.63) is 35.4 Å². The summed E-state index contributed by atoms with van der Waals surface area (Å²) >= 11 is 0. The van der Waals surface area contributed by atoms with Gasteiger partial charge in [0.05, 0.1) is 13.4 Å². The second-order valence-corrected chi connectivity index (χ2v) is 9.54. The number of hydrogen-bond donors (Lipinski definition) is 2. The van der Waals surface area contributed by atoms with Crippen LogP contribution in [-0.4, -0.2) is 68.7 Å². The van der Waals surface area contributed by atoms with Gasteiger partial charge in [-0.2, -0.15) is 8.42 Å². The molecule has 2 aliphatic heterocycles. The number of ether oxygens (including phenoxy) is 1. The van der Waals surface area contributed by atoms with E-state index in [2.05, 4.69) is 22.2 Å². The minimum Gasteiger partial charge on any atom is -0.504 e. The van der Waals surface area contributed by atoms with Crippen molar-refractivity contribution in [2.45, 2.75) is 36.5 Å². The number of nitrogens with zero attached hydrogens (tertiary/aromatic N) is 1. The first kappa shape index (κ1) is 18.7. The molecule has 4 aliphatic rings. The first-order chi connectivity index (χ1) is 12.7. The lowest BCUT2D eigenvalue weighted by atomic mass is 9.53. The van der Waals surface area contributed by atoms with Crippen LogP contribution < -0.4 is 4.74 Å². The topological polar surface area (TPSA) is 96.3 Å². The normalized spacial score (nSPS) is 35.7. The van der Waals surface area contributed by atoms with Crippen LogP contribution in [0, 0.1) is 5.92 Å². The van der Waals surface area contributed by atoms with Gasteiger partial charge in [0.15, 0.2) is 11.5 Å². The highest BCUT2D eigenvalue weighted by atomic mass is 32.2. The van der Waals surface area contributed by atoms with Gasteiger partial charge in [-0.3, -0.25) is 4.18 Å². The molecule has 2 N–H and O–H groups in total. The van der Waals surface area contributed by atoms with Crippen molar-refractivity contribution in [1.29, 1.82) is 0 Å². The number of likely N-dealkylation sites (N-methyl/N-ethyl adjacent to an activating group) is 1. The Labute approximate surface area is 159 Å². The zero-order valence-corrected chi connectivity index (χ0v) is 16.4. The molecule has 1 fully saturated rings. The molecule has 148 valence electrons. The van der Waals surface area contributed by atoms with Crippen LogP contribution in [0.25, 0.3) is 0 Å². The van der Waals surface area contributed by atoms with Crippen LogP contribution in [0.5, 0.6) is 11.5 Å². The zero-order chi connectivity index (χ0) is 19.6. The van der Waals surface area contributed by atoms with E-state index in [0.717, 1.165) is 32.8 Å². The SMILES string of the molecule is CN1CC[C@]23c4c5ccc(O)c4O[C@H]2[C@@H](O)C=C[C@H]3[C@H]1C5.COS(C)(=O)=O. The molecular formula is C19H25NO6S. The zero-order valence-electron chi connectivity index (χ0n) is 15.6. The maximum Gasteiger partial charge on any atom is 0.264 e. The Morgan fingerprint density at radius 1 is 1.33 bits per heavy atom. The number of benzene rings is 1. The minimum atomic E-state index is -3.16. The fraction of sp³-hybridized carbons (Fsp3) is 0.579. The van der Waals surface area contributed by atoms with Gasteiger partial charge >= 0.3 is 0 Å². The first-order valence-electron chi connectivity index (χ1n) is 9.03. The van der Waals surface area contributed by atoms with Gasteiger partial charge in [-0.1, -0.05) is 18.2 Å². The maximum absolute atomic E-state index is 10.4. The van der Waals surface area contributed by atoms with Crippen molar-refractivity contribution in [2.75, 3.05) is 27.0 Å². The standard InChI is InChI=1S/C17H19NO3.C2H6O3S/c1-18-7-6-17-10-3-5-13(20)16(17)21-15-12(19)4-2-9(14(15)17)8-11(10)18;1-5-6(2,3)4/h2-5,10-11,13,16,19-20H,6-8H2,1H3;1-2H3/t10-,11+,13-,16-,17-;/m0./s1.